The summed E-state index contributed by atoms with van der Waals surface area (Å²) in [6, 6.07) is 5.34. The molecule has 0 heterocycles. The van der Waals surface area contributed by atoms with Crippen molar-refractivity contribution in [3.63, 3.8) is 0 Å². The summed E-state index contributed by atoms with van der Waals surface area (Å²) < 4.78 is 38.7. The molecule has 21 heavy (non-hydrogen) atoms. The van der Waals surface area contributed by atoms with Crippen LogP contribution in [0.1, 0.15) is 11.1 Å². The summed E-state index contributed by atoms with van der Waals surface area (Å²) in [5.41, 5.74) is -0.0733. The highest BCUT2D eigenvalue weighted by molar-refractivity contribution is 6.37. The highest BCUT2D eigenvalue weighted by Crippen LogP contribution is 2.31. The maximum atomic E-state index is 12.9. The predicted molar refractivity (Wildman–Crippen MR) is 80.3 cm³/mol. The van der Waals surface area contributed by atoms with Crippen LogP contribution < -0.4 is 10.4 Å². The minimum atomic E-state index is -4.40. The summed E-state index contributed by atoms with van der Waals surface area (Å²) in [6.45, 7) is 3.88. The number of allylic oxidation sites excluding steroid dienone is 2. The van der Waals surface area contributed by atoms with Crippen molar-refractivity contribution >= 4 is 46.6 Å². The van der Waals surface area contributed by atoms with E-state index in [-0.39, 0.29) is 0 Å². The van der Waals surface area contributed by atoms with Crippen LogP contribution in [0.4, 0.5) is 13.2 Å². The van der Waals surface area contributed by atoms with Crippen molar-refractivity contribution in [1.29, 1.82) is 0 Å². The number of hydrogen-bond donors (Lipinski definition) is 0. The number of rotatable bonds is 0. The molecule has 0 saturated carbocycles. The van der Waals surface area contributed by atoms with Crippen molar-refractivity contribution in [3.05, 3.63) is 62.3 Å². The topological polar surface area (TPSA) is 0 Å². The second-order valence-electron chi connectivity index (χ2n) is 4.78. The van der Waals surface area contributed by atoms with Gasteiger partial charge in [0.1, 0.15) is 0 Å². The molecule has 3 rings (SSSR count). The zero-order chi connectivity index (χ0) is 15.4. The molecule has 0 nitrogen and oxygen atoms in total. The van der Waals surface area contributed by atoms with Crippen LogP contribution in [0.2, 0.25) is 0 Å². The third kappa shape index (κ3) is 2.41. The van der Waals surface area contributed by atoms with Gasteiger partial charge in [0, 0.05) is 0 Å². The van der Waals surface area contributed by atoms with Crippen molar-refractivity contribution in [2.45, 2.75) is 6.18 Å². The van der Waals surface area contributed by atoms with Gasteiger partial charge in [0.05, 0.1) is 5.56 Å². The van der Waals surface area contributed by atoms with E-state index in [0.717, 1.165) is 12.1 Å². The summed E-state index contributed by atoms with van der Waals surface area (Å²) in [5.74, 6) is 0. The summed E-state index contributed by atoms with van der Waals surface area (Å²) in [4.78, 5) is 0. The quantitative estimate of drug-likeness (QED) is 0.633. The van der Waals surface area contributed by atoms with E-state index < -0.39 is 11.7 Å². The van der Waals surface area contributed by atoms with Gasteiger partial charge < -0.3 is 0 Å². The number of alkyl halides is 3. The van der Waals surface area contributed by atoms with E-state index in [4.69, 9.17) is 23.2 Å². The largest absolute Gasteiger partial charge is 0.416 e. The first-order valence-electron chi connectivity index (χ1n) is 6.02. The minimum Gasteiger partial charge on any atom is -0.166 e. The van der Waals surface area contributed by atoms with Gasteiger partial charge in [-0.05, 0) is 21.9 Å². The molecule has 0 spiro atoms. The minimum absolute atomic E-state index is 0.378. The van der Waals surface area contributed by atoms with Gasteiger partial charge in [-0.15, -0.1) is 53.6 Å². The van der Waals surface area contributed by atoms with E-state index in [1.807, 2.05) is 0 Å². The molecule has 2 aromatic carbocycles. The van der Waals surface area contributed by atoms with Gasteiger partial charge in [-0.3, -0.25) is 0 Å². The Kier molecular flexibility index (Phi) is 3.23. The van der Waals surface area contributed by atoms with Gasteiger partial charge in [0.15, 0.2) is 0 Å². The molecule has 2 aromatic rings. The summed E-state index contributed by atoms with van der Waals surface area (Å²) in [7, 11) is 0. The molecule has 0 radical (unpaired) electrons. The highest BCUT2D eigenvalue weighted by atomic mass is 35.5. The number of benzene rings is 2. The van der Waals surface area contributed by atoms with Crippen molar-refractivity contribution in [1.82, 2.24) is 0 Å². The third-order valence-corrected chi connectivity index (χ3v) is 3.93. The van der Waals surface area contributed by atoms with Crippen LogP contribution in [0.25, 0.3) is 23.4 Å². The Morgan fingerprint density at radius 2 is 1.81 bits per heavy atom. The second-order valence-corrected chi connectivity index (χ2v) is 5.62. The molecule has 1 aliphatic rings. The molecule has 108 valence electrons. The maximum Gasteiger partial charge on any atom is 0.416 e. The van der Waals surface area contributed by atoms with E-state index in [1.54, 1.807) is 18.2 Å². The van der Waals surface area contributed by atoms with Gasteiger partial charge in [-0.25, -0.2) is 0 Å². The fourth-order valence-electron chi connectivity index (χ4n) is 2.43. The predicted octanol–water partition coefficient (Wildman–Crippen LogP) is 4.30. The number of halogens is 5. The average Bonchev–Trinajstić information content (AvgIpc) is 2.39. The average molecular weight is 328 g/mol. The lowest BCUT2D eigenvalue weighted by atomic mass is 9.95. The zero-order valence-corrected chi connectivity index (χ0v) is 12.1. The van der Waals surface area contributed by atoms with Gasteiger partial charge in [0.25, 0.3) is 0 Å². The molecular weight excluding hydrogens is 320 g/mol. The van der Waals surface area contributed by atoms with Crippen molar-refractivity contribution in [2.24, 2.45) is 0 Å². The van der Waals surface area contributed by atoms with E-state index in [2.05, 4.69) is 6.58 Å². The van der Waals surface area contributed by atoms with Crippen LogP contribution in [-0.2, 0) is 6.18 Å². The Morgan fingerprint density at radius 1 is 1.10 bits per heavy atom. The van der Waals surface area contributed by atoms with Gasteiger partial charge >= 0.3 is 6.18 Å². The molecule has 0 fully saturated rings. The molecule has 0 unspecified atom stereocenters. The van der Waals surface area contributed by atoms with Crippen LogP contribution in [-0.4, -0.2) is 0 Å². The van der Waals surface area contributed by atoms with E-state index in [9.17, 15) is 13.2 Å². The Hall–Kier alpha value is -1.58. The molecule has 5 heteroatoms. The molecule has 0 saturated heterocycles. The van der Waals surface area contributed by atoms with Crippen LogP contribution in [0, 0.1) is 5.38 Å². The first kappa shape index (κ1) is 14.4. The highest BCUT2D eigenvalue weighted by Gasteiger charge is 2.30. The Morgan fingerprint density at radius 3 is 2.48 bits per heavy atom. The summed E-state index contributed by atoms with van der Waals surface area (Å²) in [5, 5.41) is 3.06. The molecule has 1 aliphatic carbocycles. The lowest BCUT2D eigenvalue weighted by Gasteiger charge is -2.22. The molecule has 0 N–H and O–H groups in total. The summed E-state index contributed by atoms with van der Waals surface area (Å²) in [6.07, 6.45) is -1.23. The Labute approximate surface area is 128 Å². The molecule has 0 aromatic heterocycles. The fourth-order valence-corrected chi connectivity index (χ4v) is 2.98. The third-order valence-electron chi connectivity index (χ3n) is 3.40. The van der Waals surface area contributed by atoms with Crippen molar-refractivity contribution < 1.29 is 13.2 Å². The van der Waals surface area contributed by atoms with Gasteiger partial charge in [0.2, 0.25) is 0 Å². The maximum absolute atomic E-state index is 12.9. The molecule has 0 amide bonds. The number of fused-ring (bicyclic) bond motifs is 3. The Balaban J connectivity index is 2.47. The molecule has 0 bridgehead atoms. The summed E-state index contributed by atoms with van der Waals surface area (Å²) >= 11 is 12.1. The molecular formula is C16H8Cl2F3-. The fraction of sp³-hybridized carbons (Fsp3) is 0.0625. The lowest BCUT2D eigenvalue weighted by Crippen LogP contribution is -2.21. The first-order valence-corrected chi connectivity index (χ1v) is 6.77. The van der Waals surface area contributed by atoms with Crippen molar-refractivity contribution in [2.75, 3.05) is 0 Å². The molecule has 0 aliphatic heterocycles. The zero-order valence-electron chi connectivity index (χ0n) is 10.6. The van der Waals surface area contributed by atoms with Gasteiger partial charge in [-0.2, -0.15) is 13.2 Å². The SMILES string of the molecule is C=c1cc2c(c3cc(C(F)(F)F)ccc13)=CC(Cl)=C[C-]2Cl. The first-order chi connectivity index (χ1) is 9.77. The monoisotopic (exact) mass is 327 g/mol. The van der Waals surface area contributed by atoms with Gasteiger partial charge in [-0.1, -0.05) is 28.0 Å². The number of hydrogen-bond acceptors (Lipinski definition) is 0. The van der Waals surface area contributed by atoms with Crippen LogP contribution >= 0.6 is 23.2 Å². The Bertz CT molecular complexity index is 879. The van der Waals surface area contributed by atoms with E-state index >= 15 is 0 Å². The van der Waals surface area contributed by atoms with E-state index in [1.165, 1.54) is 6.07 Å². The van der Waals surface area contributed by atoms with Crippen LogP contribution in [0.3, 0.4) is 0 Å². The lowest BCUT2D eigenvalue weighted by molar-refractivity contribution is -0.137. The second kappa shape index (κ2) is 4.72. The van der Waals surface area contributed by atoms with Crippen molar-refractivity contribution in [3.8, 4) is 0 Å². The van der Waals surface area contributed by atoms with Crippen LogP contribution in [0.15, 0.2) is 35.4 Å². The standard InChI is InChI=1S/C16H8Cl2F3/c1-8-4-14-13(6-10(17)7-15(14)18)12-5-9(16(19,20)21)2-3-11(8)12/h2-7H,1H2/q-1. The van der Waals surface area contributed by atoms with Crippen LogP contribution in [0.5, 0.6) is 0 Å². The molecule has 0 atom stereocenters. The normalized spacial score (nSPS) is 14.7. The smallest absolute Gasteiger partial charge is 0.166 e. The van der Waals surface area contributed by atoms with E-state index in [0.29, 0.717) is 37.2 Å².